The van der Waals surface area contributed by atoms with Crippen LogP contribution >= 0.6 is 0 Å². The van der Waals surface area contributed by atoms with Crippen LogP contribution in [0.3, 0.4) is 0 Å². The van der Waals surface area contributed by atoms with Crippen molar-refractivity contribution in [3.8, 4) is 0 Å². The molecule has 1 unspecified atom stereocenters. The van der Waals surface area contributed by atoms with E-state index in [1.807, 2.05) is 6.92 Å². The highest BCUT2D eigenvalue weighted by molar-refractivity contribution is 5.78. The van der Waals surface area contributed by atoms with Gasteiger partial charge in [0.15, 0.2) is 0 Å². The van der Waals surface area contributed by atoms with Gasteiger partial charge in [0, 0.05) is 0 Å². The Morgan fingerprint density at radius 2 is 2.11 bits per heavy atom. The fourth-order valence-corrected chi connectivity index (χ4v) is 2.77. The second kappa shape index (κ2) is 6.23. The first-order valence-electron chi connectivity index (χ1n) is 7.40. The summed E-state index contributed by atoms with van der Waals surface area (Å²) in [5.41, 5.74) is 2.50. The molecule has 1 aromatic carbocycles. The lowest BCUT2D eigenvalue weighted by Gasteiger charge is -2.27. The maximum Gasteiger partial charge on any atom is 0.313 e. The summed E-state index contributed by atoms with van der Waals surface area (Å²) in [5, 5.41) is 0. The predicted molar refractivity (Wildman–Crippen MR) is 77.2 cm³/mol. The fourth-order valence-electron chi connectivity index (χ4n) is 2.77. The zero-order valence-corrected chi connectivity index (χ0v) is 12.2. The van der Waals surface area contributed by atoms with Gasteiger partial charge in [0.25, 0.3) is 0 Å². The molecule has 0 bridgehead atoms. The molecule has 1 fully saturated rings. The Hall–Kier alpha value is -1.31. The lowest BCUT2D eigenvalue weighted by molar-refractivity contribution is -0.146. The van der Waals surface area contributed by atoms with Crippen LogP contribution in [-0.4, -0.2) is 12.6 Å². The van der Waals surface area contributed by atoms with Crippen LogP contribution in [0.5, 0.6) is 0 Å². The summed E-state index contributed by atoms with van der Waals surface area (Å²) in [5.74, 6) is 0.730. The number of ether oxygens (including phenoxy) is 1. The molecule has 1 atom stereocenters. The van der Waals surface area contributed by atoms with Crippen molar-refractivity contribution in [2.75, 3.05) is 6.61 Å². The molecule has 0 radical (unpaired) electrons. The van der Waals surface area contributed by atoms with E-state index in [1.165, 1.54) is 24.8 Å². The molecule has 0 spiro atoms. The number of hydrogen-bond donors (Lipinski definition) is 0. The summed E-state index contributed by atoms with van der Waals surface area (Å²) in [7, 11) is 0. The van der Waals surface area contributed by atoms with Crippen molar-refractivity contribution in [2.24, 2.45) is 5.92 Å². The largest absolute Gasteiger partial charge is 0.466 e. The first-order valence-corrected chi connectivity index (χ1v) is 7.40. The van der Waals surface area contributed by atoms with Gasteiger partial charge in [0.05, 0.1) is 12.5 Å². The van der Waals surface area contributed by atoms with Gasteiger partial charge in [0.1, 0.15) is 0 Å². The van der Waals surface area contributed by atoms with Crippen molar-refractivity contribution in [2.45, 2.75) is 51.9 Å². The third kappa shape index (κ3) is 3.17. The number of carbonyl (C=O) groups excluding carboxylic acids is 1. The van der Waals surface area contributed by atoms with E-state index in [1.54, 1.807) is 0 Å². The Bertz CT molecular complexity index is 433. The Morgan fingerprint density at radius 1 is 1.37 bits per heavy atom. The SMILES string of the molecule is CCOC(=O)C(c1cccc(C2CCC2)c1)C(C)C. The van der Waals surface area contributed by atoms with Crippen LogP contribution in [-0.2, 0) is 9.53 Å². The van der Waals surface area contributed by atoms with Crippen LogP contribution in [0.2, 0.25) is 0 Å². The minimum absolute atomic E-state index is 0.0942. The van der Waals surface area contributed by atoms with E-state index in [9.17, 15) is 4.79 Å². The van der Waals surface area contributed by atoms with Gasteiger partial charge in [-0.3, -0.25) is 4.79 Å². The molecule has 0 aromatic heterocycles. The van der Waals surface area contributed by atoms with Gasteiger partial charge in [-0.25, -0.2) is 0 Å². The second-order valence-corrected chi connectivity index (χ2v) is 5.77. The van der Waals surface area contributed by atoms with E-state index in [0.29, 0.717) is 12.5 Å². The maximum atomic E-state index is 12.1. The molecule has 2 rings (SSSR count). The number of esters is 1. The summed E-state index contributed by atoms with van der Waals surface area (Å²) in [6.07, 6.45) is 3.91. The lowest BCUT2D eigenvalue weighted by Crippen LogP contribution is -2.21. The fraction of sp³-hybridized carbons (Fsp3) is 0.588. The third-order valence-electron chi connectivity index (χ3n) is 4.05. The molecule has 0 saturated heterocycles. The number of rotatable bonds is 5. The average molecular weight is 260 g/mol. The second-order valence-electron chi connectivity index (χ2n) is 5.77. The summed E-state index contributed by atoms with van der Waals surface area (Å²) in [6, 6.07) is 8.54. The minimum Gasteiger partial charge on any atom is -0.466 e. The van der Waals surface area contributed by atoms with Crippen molar-refractivity contribution in [3.05, 3.63) is 35.4 Å². The lowest BCUT2D eigenvalue weighted by atomic mass is 9.78. The molecule has 0 N–H and O–H groups in total. The molecule has 0 amide bonds. The van der Waals surface area contributed by atoms with Crippen molar-refractivity contribution in [3.63, 3.8) is 0 Å². The molecule has 19 heavy (non-hydrogen) atoms. The van der Waals surface area contributed by atoms with Crippen LogP contribution in [0.1, 0.15) is 63.0 Å². The number of hydrogen-bond acceptors (Lipinski definition) is 2. The van der Waals surface area contributed by atoms with E-state index in [0.717, 1.165) is 5.56 Å². The van der Waals surface area contributed by atoms with Crippen molar-refractivity contribution >= 4 is 5.97 Å². The van der Waals surface area contributed by atoms with E-state index in [2.05, 4.69) is 38.1 Å². The average Bonchev–Trinajstić information content (AvgIpc) is 2.27. The molecule has 0 aliphatic heterocycles. The highest BCUT2D eigenvalue weighted by Crippen LogP contribution is 2.38. The van der Waals surface area contributed by atoms with Gasteiger partial charge in [-0.1, -0.05) is 44.5 Å². The molecule has 1 aliphatic carbocycles. The molecule has 2 nitrogen and oxygen atoms in total. The quantitative estimate of drug-likeness (QED) is 0.739. The standard InChI is InChI=1S/C17H24O2/c1-4-19-17(18)16(12(2)3)15-10-6-9-14(11-15)13-7-5-8-13/h6,9-13,16H,4-5,7-8H2,1-3H3. The van der Waals surface area contributed by atoms with Gasteiger partial charge < -0.3 is 4.74 Å². The molecular weight excluding hydrogens is 236 g/mol. The van der Waals surface area contributed by atoms with Crippen LogP contribution in [0.15, 0.2) is 24.3 Å². The number of carbonyl (C=O) groups is 1. The van der Waals surface area contributed by atoms with E-state index in [4.69, 9.17) is 4.74 Å². The van der Waals surface area contributed by atoms with E-state index >= 15 is 0 Å². The van der Waals surface area contributed by atoms with Crippen LogP contribution < -0.4 is 0 Å². The van der Waals surface area contributed by atoms with Gasteiger partial charge in [-0.15, -0.1) is 0 Å². The summed E-state index contributed by atoms with van der Waals surface area (Å²) >= 11 is 0. The van der Waals surface area contributed by atoms with E-state index < -0.39 is 0 Å². The normalized spacial score (nSPS) is 17.1. The van der Waals surface area contributed by atoms with E-state index in [-0.39, 0.29) is 17.8 Å². The van der Waals surface area contributed by atoms with Crippen LogP contribution in [0.4, 0.5) is 0 Å². The van der Waals surface area contributed by atoms with Gasteiger partial charge in [-0.2, -0.15) is 0 Å². The minimum atomic E-state index is -0.139. The van der Waals surface area contributed by atoms with Crippen molar-refractivity contribution in [1.29, 1.82) is 0 Å². The van der Waals surface area contributed by atoms with Gasteiger partial charge in [0.2, 0.25) is 0 Å². The van der Waals surface area contributed by atoms with Crippen molar-refractivity contribution in [1.82, 2.24) is 0 Å². The van der Waals surface area contributed by atoms with Crippen LogP contribution in [0, 0.1) is 5.92 Å². The molecule has 1 aromatic rings. The summed E-state index contributed by atoms with van der Waals surface area (Å²) in [6.45, 7) is 6.47. The molecule has 1 saturated carbocycles. The first-order chi connectivity index (χ1) is 9.13. The molecule has 104 valence electrons. The monoisotopic (exact) mass is 260 g/mol. The Morgan fingerprint density at radius 3 is 2.63 bits per heavy atom. The first kappa shape index (κ1) is 14.1. The van der Waals surface area contributed by atoms with Gasteiger partial charge >= 0.3 is 5.97 Å². The predicted octanol–water partition coefficient (Wildman–Crippen LogP) is 4.26. The molecule has 2 heteroatoms. The summed E-state index contributed by atoms with van der Waals surface area (Å²) in [4.78, 5) is 12.1. The summed E-state index contributed by atoms with van der Waals surface area (Å²) < 4.78 is 5.22. The Balaban J connectivity index is 2.23. The maximum absolute atomic E-state index is 12.1. The van der Waals surface area contributed by atoms with Crippen molar-refractivity contribution < 1.29 is 9.53 Å². The molecule has 1 aliphatic rings. The van der Waals surface area contributed by atoms with Crippen LogP contribution in [0.25, 0.3) is 0 Å². The zero-order valence-electron chi connectivity index (χ0n) is 12.2. The third-order valence-corrected chi connectivity index (χ3v) is 4.05. The smallest absolute Gasteiger partial charge is 0.313 e. The number of benzene rings is 1. The Kier molecular flexibility index (Phi) is 4.62. The zero-order chi connectivity index (χ0) is 13.8. The van der Waals surface area contributed by atoms with Gasteiger partial charge in [-0.05, 0) is 42.7 Å². The topological polar surface area (TPSA) is 26.3 Å². The molecular formula is C17H24O2. The highest BCUT2D eigenvalue weighted by atomic mass is 16.5. The Labute approximate surface area is 116 Å². The molecule has 0 heterocycles. The highest BCUT2D eigenvalue weighted by Gasteiger charge is 2.27.